The normalized spacial score (nSPS) is 19.3. The molecule has 0 unspecified atom stereocenters. The zero-order valence-electron chi connectivity index (χ0n) is 13.5. The number of morpholine rings is 1. The molecule has 0 radical (unpaired) electrons. The third-order valence-corrected chi connectivity index (χ3v) is 5.53. The molecule has 24 heavy (non-hydrogen) atoms. The SMILES string of the molecule is CS(=O)(=O)c1ccc(CN2CCO[C@@H](c3ccc(Cl)cc3)C2)cc1. The molecule has 0 aromatic heterocycles. The molecule has 1 aliphatic rings. The maximum atomic E-state index is 11.5. The standard InChI is InChI=1S/C18H20ClNO3S/c1-24(21,22)17-8-2-14(3-9-17)12-20-10-11-23-18(13-20)15-4-6-16(19)7-5-15/h2-9,18H,10-13H2,1H3/t18-/m1/s1. The van der Waals surface area contributed by atoms with Gasteiger partial charge in [0.25, 0.3) is 0 Å². The molecule has 0 amide bonds. The molecule has 1 atom stereocenters. The van der Waals surface area contributed by atoms with Gasteiger partial charge in [-0.2, -0.15) is 0 Å². The van der Waals surface area contributed by atoms with Gasteiger partial charge < -0.3 is 4.74 Å². The summed E-state index contributed by atoms with van der Waals surface area (Å²) in [7, 11) is -3.15. The van der Waals surface area contributed by atoms with Gasteiger partial charge in [0.05, 0.1) is 17.6 Å². The third kappa shape index (κ3) is 4.36. The van der Waals surface area contributed by atoms with E-state index in [4.69, 9.17) is 16.3 Å². The molecular weight excluding hydrogens is 346 g/mol. The summed E-state index contributed by atoms with van der Waals surface area (Å²) in [6.45, 7) is 3.11. The van der Waals surface area contributed by atoms with Crippen LogP contribution in [0.4, 0.5) is 0 Å². The molecule has 2 aromatic rings. The largest absolute Gasteiger partial charge is 0.371 e. The summed E-state index contributed by atoms with van der Waals surface area (Å²) in [5.41, 5.74) is 2.22. The van der Waals surface area contributed by atoms with Crippen LogP contribution in [0.5, 0.6) is 0 Å². The lowest BCUT2D eigenvalue weighted by molar-refractivity contribution is -0.0329. The first kappa shape index (κ1) is 17.4. The molecular formula is C18H20ClNO3S. The van der Waals surface area contributed by atoms with Crippen LogP contribution in [0.3, 0.4) is 0 Å². The van der Waals surface area contributed by atoms with E-state index < -0.39 is 9.84 Å². The van der Waals surface area contributed by atoms with Gasteiger partial charge >= 0.3 is 0 Å². The number of halogens is 1. The highest BCUT2D eigenvalue weighted by atomic mass is 35.5. The molecule has 0 spiro atoms. The molecule has 128 valence electrons. The van der Waals surface area contributed by atoms with Gasteiger partial charge in [-0.15, -0.1) is 0 Å². The van der Waals surface area contributed by atoms with Gasteiger partial charge in [-0.3, -0.25) is 4.90 Å². The fourth-order valence-corrected chi connectivity index (χ4v) is 3.58. The van der Waals surface area contributed by atoms with Gasteiger partial charge in [-0.05, 0) is 35.4 Å². The van der Waals surface area contributed by atoms with Crippen molar-refractivity contribution in [3.63, 3.8) is 0 Å². The Morgan fingerprint density at radius 2 is 1.79 bits per heavy atom. The summed E-state index contributed by atoms with van der Waals surface area (Å²) in [6, 6.07) is 14.8. The van der Waals surface area contributed by atoms with Crippen molar-refractivity contribution in [1.29, 1.82) is 0 Å². The van der Waals surface area contributed by atoms with Crippen LogP contribution in [-0.4, -0.2) is 39.3 Å². The second-order valence-corrected chi connectivity index (χ2v) is 8.51. The lowest BCUT2D eigenvalue weighted by Crippen LogP contribution is -2.37. The first-order chi connectivity index (χ1) is 11.4. The van der Waals surface area contributed by atoms with Crippen LogP contribution in [0.1, 0.15) is 17.2 Å². The summed E-state index contributed by atoms with van der Waals surface area (Å²) < 4.78 is 28.9. The summed E-state index contributed by atoms with van der Waals surface area (Å²) in [5.74, 6) is 0. The van der Waals surface area contributed by atoms with Gasteiger partial charge in [-0.25, -0.2) is 8.42 Å². The van der Waals surface area contributed by atoms with Gasteiger partial charge in [0.1, 0.15) is 0 Å². The van der Waals surface area contributed by atoms with Gasteiger partial charge in [0.15, 0.2) is 9.84 Å². The smallest absolute Gasteiger partial charge is 0.175 e. The van der Waals surface area contributed by atoms with Crippen LogP contribution in [0.2, 0.25) is 5.02 Å². The van der Waals surface area contributed by atoms with E-state index in [0.717, 1.165) is 35.8 Å². The molecule has 1 fully saturated rings. The van der Waals surface area contributed by atoms with Crippen molar-refractivity contribution in [1.82, 2.24) is 4.90 Å². The first-order valence-electron chi connectivity index (χ1n) is 7.80. The Hall–Kier alpha value is -1.40. The highest BCUT2D eigenvalue weighted by Gasteiger charge is 2.22. The fourth-order valence-electron chi connectivity index (χ4n) is 2.83. The number of benzene rings is 2. The zero-order valence-corrected chi connectivity index (χ0v) is 15.1. The summed E-state index contributed by atoms with van der Waals surface area (Å²) >= 11 is 5.94. The van der Waals surface area contributed by atoms with E-state index in [0.29, 0.717) is 11.5 Å². The van der Waals surface area contributed by atoms with Gasteiger partial charge in [0.2, 0.25) is 0 Å². The third-order valence-electron chi connectivity index (χ3n) is 4.15. The summed E-state index contributed by atoms with van der Waals surface area (Å²) in [4.78, 5) is 2.67. The number of sulfone groups is 1. The minimum Gasteiger partial charge on any atom is -0.371 e. The maximum absolute atomic E-state index is 11.5. The van der Waals surface area contributed by atoms with E-state index in [9.17, 15) is 8.42 Å². The second kappa shape index (κ2) is 7.23. The van der Waals surface area contributed by atoms with E-state index >= 15 is 0 Å². The van der Waals surface area contributed by atoms with Crippen molar-refractivity contribution in [2.75, 3.05) is 26.0 Å². The highest BCUT2D eigenvalue weighted by molar-refractivity contribution is 7.90. The Bertz CT molecular complexity index is 788. The monoisotopic (exact) mass is 365 g/mol. The van der Waals surface area contributed by atoms with E-state index in [1.807, 2.05) is 36.4 Å². The molecule has 2 aromatic carbocycles. The van der Waals surface area contributed by atoms with E-state index in [1.54, 1.807) is 12.1 Å². The number of hydrogen-bond acceptors (Lipinski definition) is 4. The molecule has 0 N–H and O–H groups in total. The van der Waals surface area contributed by atoms with E-state index in [-0.39, 0.29) is 6.10 Å². The molecule has 1 heterocycles. The Balaban J connectivity index is 1.66. The van der Waals surface area contributed by atoms with Crippen molar-refractivity contribution in [2.24, 2.45) is 0 Å². The fraction of sp³-hybridized carbons (Fsp3) is 0.333. The lowest BCUT2D eigenvalue weighted by Gasteiger charge is -2.33. The Morgan fingerprint density at radius 3 is 2.42 bits per heavy atom. The molecule has 4 nitrogen and oxygen atoms in total. The summed E-state index contributed by atoms with van der Waals surface area (Å²) in [6.07, 6.45) is 1.26. The van der Waals surface area contributed by atoms with Crippen LogP contribution >= 0.6 is 11.6 Å². The quantitative estimate of drug-likeness (QED) is 0.833. The highest BCUT2D eigenvalue weighted by Crippen LogP contribution is 2.24. The number of nitrogens with zero attached hydrogens (tertiary/aromatic N) is 1. The second-order valence-electron chi connectivity index (χ2n) is 6.06. The number of rotatable bonds is 4. The molecule has 0 aliphatic carbocycles. The van der Waals surface area contributed by atoms with Crippen LogP contribution in [0.25, 0.3) is 0 Å². The molecule has 0 saturated carbocycles. The van der Waals surface area contributed by atoms with Crippen LogP contribution < -0.4 is 0 Å². The molecule has 1 saturated heterocycles. The Labute approximate surface area is 147 Å². The van der Waals surface area contributed by atoms with Crippen molar-refractivity contribution in [3.05, 3.63) is 64.7 Å². The summed E-state index contributed by atoms with van der Waals surface area (Å²) in [5, 5.41) is 0.720. The first-order valence-corrected chi connectivity index (χ1v) is 10.1. The Morgan fingerprint density at radius 1 is 1.12 bits per heavy atom. The predicted molar refractivity (Wildman–Crippen MR) is 95.0 cm³/mol. The minimum atomic E-state index is -3.15. The number of hydrogen-bond donors (Lipinski definition) is 0. The van der Waals surface area contributed by atoms with Crippen LogP contribution in [0, 0.1) is 0 Å². The van der Waals surface area contributed by atoms with Gasteiger partial charge in [0, 0.05) is 30.9 Å². The maximum Gasteiger partial charge on any atom is 0.175 e. The molecule has 3 rings (SSSR count). The lowest BCUT2D eigenvalue weighted by atomic mass is 10.1. The van der Waals surface area contributed by atoms with E-state index in [1.165, 1.54) is 6.26 Å². The van der Waals surface area contributed by atoms with Gasteiger partial charge in [-0.1, -0.05) is 35.9 Å². The van der Waals surface area contributed by atoms with Crippen molar-refractivity contribution in [3.8, 4) is 0 Å². The predicted octanol–water partition coefficient (Wildman–Crippen LogP) is 3.32. The van der Waals surface area contributed by atoms with Crippen molar-refractivity contribution < 1.29 is 13.2 Å². The Kier molecular flexibility index (Phi) is 5.25. The zero-order chi connectivity index (χ0) is 17.2. The van der Waals surface area contributed by atoms with E-state index in [2.05, 4.69) is 4.90 Å². The van der Waals surface area contributed by atoms with Crippen LogP contribution in [-0.2, 0) is 21.1 Å². The average Bonchev–Trinajstić information content (AvgIpc) is 2.55. The van der Waals surface area contributed by atoms with Crippen molar-refractivity contribution in [2.45, 2.75) is 17.5 Å². The number of ether oxygens (including phenoxy) is 1. The molecule has 0 bridgehead atoms. The molecule has 6 heteroatoms. The van der Waals surface area contributed by atoms with Crippen molar-refractivity contribution >= 4 is 21.4 Å². The average molecular weight is 366 g/mol. The van der Waals surface area contributed by atoms with Crippen LogP contribution in [0.15, 0.2) is 53.4 Å². The minimum absolute atomic E-state index is 0.0336. The topological polar surface area (TPSA) is 46.6 Å². The molecule has 1 aliphatic heterocycles.